The SMILES string of the molecule is CC(C)c1cc(B2OC(C)(C)C(C)(C)O2)cnc1Cl. The van der Waals surface area contributed by atoms with Crippen LogP contribution in [-0.4, -0.2) is 23.3 Å². The second-order valence-corrected chi connectivity index (χ2v) is 6.75. The van der Waals surface area contributed by atoms with Crippen LogP contribution in [0.15, 0.2) is 12.3 Å². The number of rotatable bonds is 2. The van der Waals surface area contributed by atoms with Gasteiger partial charge in [-0.3, -0.25) is 0 Å². The standard InChI is InChI=1S/C14H21BClNO2/c1-9(2)11-7-10(8-17-12(11)16)15-18-13(3,4)14(5,6)19-15/h7-9H,1-6H3. The van der Waals surface area contributed by atoms with Crippen molar-refractivity contribution < 1.29 is 9.31 Å². The Morgan fingerprint density at radius 3 is 2.16 bits per heavy atom. The third-order valence-electron chi connectivity index (χ3n) is 4.03. The summed E-state index contributed by atoms with van der Waals surface area (Å²) in [6.07, 6.45) is 1.73. The molecule has 0 aromatic carbocycles. The van der Waals surface area contributed by atoms with E-state index in [1.807, 2.05) is 33.8 Å². The first-order valence-electron chi connectivity index (χ1n) is 6.65. The van der Waals surface area contributed by atoms with Gasteiger partial charge in [-0.1, -0.05) is 31.5 Å². The molecule has 0 bridgehead atoms. The minimum absolute atomic E-state index is 0.322. The van der Waals surface area contributed by atoms with Crippen molar-refractivity contribution in [2.45, 2.75) is 58.7 Å². The number of aromatic nitrogens is 1. The van der Waals surface area contributed by atoms with Crippen molar-refractivity contribution >= 4 is 24.2 Å². The minimum Gasteiger partial charge on any atom is -0.399 e. The number of halogens is 1. The lowest BCUT2D eigenvalue weighted by molar-refractivity contribution is 0.00578. The van der Waals surface area contributed by atoms with Crippen LogP contribution in [0.2, 0.25) is 5.15 Å². The summed E-state index contributed by atoms with van der Waals surface area (Å²) in [5.41, 5.74) is 1.27. The zero-order valence-corrected chi connectivity index (χ0v) is 13.2. The Hall–Kier alpha value is -0.575. The first-order chi connectivity index (χ1) is 8.64. The maximum Gasteiger partial charge on any atom is 0.496 e. The van der Waals surface area contributed by atoms with Gasteiger partial charge in [0.25, 0.3) is 0 Å². The summed E-state index contributed by atoms with van der Waals surface area (Å²) in [6, 6.07) is 2.03. The van der Waals surface area contributed by atoms with Crippen LogP contribution in [0.3, 0.4) is 0 Å². The lowest BCUT2D eigenvalue weighted by atomic mass is 9.79. The Bertz CT molecular complexity index is 472. The van der Waals surface area contributed by atoms with Gasteiger partial charge in [0.2, 0.25) is 0 Å². The molecule has 1 aliphatic rings. The first-order valence-corrected chi connectivity index (χ1v) is 7.03. The van der Waals surface area contributed by atoms with E-state index in [2.05, 4.69) is 18.8 Å². The quantitative estimate of drug-likeness (QED) is 0.616. The molecule has 3 nitrogen and oxygen atoms in total. The monoisotopic (exact) mass is 281 g/mol. The molecule has 19 heavy (non-hydrogen) atoms. The van der Waals surface area contributed by atoms with E-state index in [9.17, 15) is 0 Å². The van der Waals surface area contributed by atoms with Gasteiger partial charge in [-0.2, -0.15) is 0 Å². The molecule has 0 atom stereocenters. The van der Waals surface area contributed by atoms with Crippen LogP contribution in [0.25, 0.3) is 0 Å². The molecule has 0 saturated carbocycles. The zero-order chi connectivity index (χ0) is 14.4. The number of nitrogens with zero attached hydrogens (tertiary/aromatic N) is 1. The summed E-state index contributed by atoms with van der Waals surface area (Å²) in [7, 11) is -0.382. The van der Waals surface area contributed by atoms with Crippen molar-refractivity contribution in [3.63, 3.8) is 0 Å². The van der Waals surface area contributed by atoms with Gasteiger partial charge in [0.1, 0.15) is 5.15 Å². The van der Waals surface area contributed by atoms with Crippen molar-refractivity contribution in [1.29, 1.82) is 0 Å². The predicted octanol–water partition coefficient (Wildman–Crippen LogP) is 3.16. The number of pyridine rings is 1. The van der Waals surface area contributed by atoms with Crippen molar-refractivity contribution in [1.82, 2.24) is 4.98 Å². The average molecular weight is 282 g/mol. The highest BCUT2D eigenvalue weighted by Gasteiger charge is 2.51. The molecule has 0 aliphatic carbocycles. The Balaban J connectivity index is 2.32. The van der Waals surface area contributed by atoms with Crippen molar-refractivity contribution in [2.75, 3.05) is 0 Å². The van der Waals surface area contributed by atoms with Crippen LogP contribution in [0.1, 0.15) is 53.0 Å². The molecule has 1 saturated heterocycles. The van der Waals surface area contributed by atoms with E-state index in [-0.39, 0.29) is 18.3 Å². The number of hydrogen-bond acceptors (Lipinski definition) is 3. The van der Waals surface area contributed by atoms with E-state index < -0.39 is 0 Å². The molecule has 1 fully saturated rings. The van der Waals surface area contributed by atoms with Crippen LogP contribution in [0.4, 0.5) is 0 Å². The fraction of sp³-hybridized carbons (Fsp3) is 0.643. The zero-order valence-electron chi connectivity index (χ0n) is 12.5. The Labute approximate surface area is 120 Å². The summed E-state index contributed by atoms with van der Waals surface area (Å²) in [5, 5.41) is 0.551. The molecule has 0 spiro atoms. The van der Waals surface area contributed by atoms with Crippen LogP contribution in [0, 0.1) is 0 Å². The molecule has 1 aliphatic heterocycles. The van der Waals surface area contributed by atoms with Gasteiger partial charge in [0, 0.05) is 11.7 Å². The van der Waals surface area contributed by atoms with E-state index in [1.165, 1.54) is 0 Å². The van der Waals surface area contributed by atoms with Crippen LogP contribution in [-0.2, 0) is 9.31 Å². The second kappa shape index (κ2) is 4.76. The highest BCUT2D eigenvalue weighted by Crippen LogP contribution is 2.36. The second-order valence-electron chi connectivity index (χ2n) is 6.39. The van der Waals surface area contributed by atoms with Crippen molar-refractivity contribution in [3.8, 4) is 0 Å². The topological polar surface area (TPSA) is 31.4 Å². The molecule has 5 heteroatoms. The molecule has 0 unspecified atom stereocenters. The average Bonchev–Trinajstić information content (AvgIpc) is 2.48. The molecule has 1 aromatic rings. The molecule has 2 heterocycles. The molecule has 1 aromatic heterocycles. The van der Waals surface area contributed by atoms with Crippen LogP contribution < -0.4 is 5.46 Å². The van der Waals surface area contributed by atoms with Gasteiger partial charge in [0.15, 0.2) is 0 Å². The summed E-state index contributed by atoms with van der Waals surface area (Å²) >= 11 is 6.12. The molecular formula is C14H21BClNO2. The molecule has 104 valence electrons. The third-order valence-corrected chi connectivity index (χ3v) is 4.35. The largest absolute Gasteiger partial charge is 0.496 e. The molecule has 2 rings (SSSR count). The molecular weight excluding hydrogens is 260 g/mol. The lowest BCUT2D eigenvalue weighted by Gasteiger charge is -2.32. The number of hydrogen-bond donors (Lipinski definition) is 0. The third kappa shape index (κ3) is 2.67. The Morgan fingerprint density at radius 2 is 1.68 bits per heavy atom. The molecule has 0 radical (unpaired) electrons. The van der Waals surface area contributed by atoms with Gasteiger partial charge in [-0.15, -0.1) is 0 Å². The Morgan fingerprint density at radius 1 is 1.16 bits per heavy atom. The Kier molecular flexibility index (Phi) is 3.71. The maximum atomic E-state index is 6.12. The van der Waals surface area contributed by atoms with E-state index >= 15 is 0 Å². The highest BCUT2D eigenvalue weighted by molar-refractivity contribution is 6.62. The van der Waals surface area contributed by atoms with Gasteiger partial charge in [0.05, 0.1) is 11.2 Å². The van der Waals surface area contributed by atoms with Gasteiger partial charge < -0.3 is 9.31 Å². The smallest absolute Gasteiger partial charge is 0.399 e. The van der Waals surface area contributed by atoms with E-state index in [0.717, 1.165) is 11.0 Å². The summed E-state index contributed by atoms with van der Waals surface area (Å²) in [5.74, 6) is 0.322. The van der Waals surface area contributed by atoms with Crippen LogP contribution >= 0.6 is 11.6 Å². The lowest BCUT2D eigenvalue weighted by Crippen LogP contribution is -2.41. The van der Waals surface area contributed by atoms with Gasteiger partial charge >= 0.3 is 7.12 Å². The normalized spacial score (nSPS) is 21.2. The fourth-order valence-corrected chi connectivity index (χ4v) is 2.32. The van der Waals surface area contributed by atoms with Crippen LogP contribution in [0.5, 0.6) is 0 Å². The van der Waals surface area contributed by atoms with E-state index in [4.69, 9.17) is 20.9 Å². The summed E-state index contributed by atoms with van der Waals surface area (Å²) in [4.78, 5) is 4.25. The fourth-order valence-electron chi connectivity index (χ4n) is 2.00. The minimum atomic E-state index is -0.382. The van der Waals surface area contributed by atoms with E-state index in [0.29, 0.717) is 11.1 Å². The maximum absolute atomic E-state index is 6.12. The van der Waals surface area contributed by atoms with E-state index in [1.54, 1.807) is 6.20 Å². The van der Waals surface area contributed by atoms with Gasteiger partial charge in [-0.05, 0) is 39.2 Å². The van der Waals surface area contributed by atoms with Gasteiger partial charge in [-0.25, -0.2) is 4.98 Å². The molecule has 0 amide bonds. The predicted molar refractivity (Wildman–Crippen MR) is 79.1 cm³/mol. The first kappa shape index (κ1) is 14.8. The highest BCUT2D eigenvalue weighted by atomic mass is 35.5. The summed E-state index contributed by atoms with van der Waals surface area (Å²) in [6.45, 7) is 12.4. The van der Waals surface area contributed by atoms with Crippen molar-refractivity contribution in [2.24, 2.45) is 0 Å². The van der Waals surface area contributed by atoms with Crippen molar-refractivity contribution in [3.05, 3.63) is 23.0 Å². The molecule has 0 N–H and O–H groups in total. The summed E-state index contributed by atoms with van der Waals surface area (Å²) < 4.78 is 12.0.